The summed E-state index contributed by atoms with van der Waals surface area (Å²) in [5, 5.41) is 24.5. The van der Waals surface area contributed by atoms with Gasteiger partial charge in [0.25, 0.3) is 5.91 Å². The smallest absolute Gasteiger partial charge is 0.250 e. The molecule has 1 saturated heterocycles. The number of nitrogens with one attached hydrogen (secondary N) is 3. The van der Waals surface area contributed by atoms with E-state index in [2.05, 4.69) is 10.6 Å². The number of primary amides is 1. The summed E-state index contributed by atoms with van der Waals surface area (Å²) in [7, 11) is 0. The van der Waals surface area contributed by atoms with Crippen LogP contribution in [0.25, 0.3) is 0 Å². The number of halogens is 2. The average molecular weight is 374 g/mol. The van der Waals surface area contributed by atoms with E-state index in [9.17, 15) is 18.7 Å². The predicted octanol–water partition coefficient (Wildman–Crippen LogP) is 2.15. The normalized spacial score (nSPS) is 24.8. The molecule has 0 spiro atoms. The number of hydrogen-bond acceptors (Lipinski definition) is 5. The number of piperidine rings is 1. The highest BCUT2D eigenvalue weighted by Gasteiger charge is 2.31. The molecule has 2 aliphatic rings. The summed E-state index contributed by atoms with van der Waals surface area (Å²) in [6.07, 6.45) is 3.26. The summed E-state index contributed by atoms with van der Waals surface area (Å²) in [4.78, 5) is 11.3. The fourth-order valence-corrected chi connectivity index (χ4v) is 3.14. The first-order valence-corrected chi connectivity index (χ1v) is 8.48. The van der Waals surface area contributed by atoms with Gasteiger partial charge in [-0.2, -0.15) is 0 Å². The molecule has 1 aromatic rings. The lowest BCUT2D eigenvalue weighted by Crippen LogP contribution is -2.43. The largest absolute Gasteiger partial charge is 0.384 e. The maximum atomic E-state index is 14.0. The molecule has 1 heterocycles. The molecule has 1 atom stereocenters. The first-order valence-electron chi connectivity index (χ1n) is 8.48. The predicted molar refractivity (Wildman–Crippen MR) is 98.4 cm³/mol. The second-order valence-electron chi connectivity index (χ2n) is 6.55. The fraction of sp³-hybridized carbons (Fsp3) is 0.263. The van der Waals surface area contributed by atoms with Crippen molar-refractivity contribution in [2.24, 2.45) is 5.73 Å². The molecule has 27 heavy (non-hydrogen) atoms. The topological polar surface area (TPSA) is 111 Å². The molecule has 1 amide bonds. The number of benzene rings is 1. The molecule has 8 heteroatoms. The number of anilines is 1. The molecule has 0 saturated carbocycles. The van der Waals surface area contributed by atoms with Gasteiger partial charge in [-0.25, -0.2) is 8.78 Å². The zero-order valence-corrected chi connectivity index (χ0v) is 14.5. The molecule has 1 aromatic carbocycles. The molecular formula is C19H20F2N4O2. The lowest BCUT2D eigenvalue weighted by molar-refractivity contribution is -0.114. The van der Waals surface area contributed by atoms with E-state index in [0.29, 0.717) is 24.7 Å². The van der Waals surface area contributed by atoms with Crippen LogP contribution in [-0.2, 0) is 10.4 Å². The number of amides is 1. The number of aliphatic hydroxyl groups is 1. The fourth-order valence-electron chi connectivity index (χ4n) is 3.14. The lowest BCUT2D eigenvalue weighted by Gasteiger charge is -2.33. The van der Waals surface area contributed by atoms with Crippen molar-refractivity contribution in [3.05, 3.63) is 64.9 Å². The number of carbonyl (C=O) groups excluding carboxylic acids is 1. The van der Waals surface area contributed by atoms with E-state index < -0.39 is 40.0 Å². The van der Waals surface area contributed by atoms with E-state index in [1.54, 1.807) is 24.3 Å². The molecular weight excluding hydrogens is 354 g/mol. The maximum absolute atomic E-state index is 14.0. The Balaban J connectivity index is 1.79. The summed E-state index contributed by atoms with van der Waals surface area (Å²) in [5.41, 5.74) is 4.19. The van der Waals surface area contributed by atoms with E-state index >= 15 is 0 Å². The van der Waals surface area contributed by atoms with E-state index in [0.717, 1.165) is 24.7 Å². The van der Waals surface area contributed by atoms with Gasteiger partial charge in [-0.05, 0) is 43.2 Å². The van der Waals surface area contributed by atoms with Gasteiger partial charge in [-0.3, -0.25) is 10.2 Å². The van der Waals surface area contributed by atoms with Gasteiger partial charge in [0.05, 0.1) is 16.9 Å². The van der Waals surface area contributed by atoms with Crippen LogP contribution in [0, 0.1) is 5.41 Å². The highest BCUT2D eigenvalue weighted by Crippen LogP contribution is 2.30. The lowest BCUT2D eigenvalue weighted by atomic mass is 9.86. The number of nitrogens with two attached hydrogens (primary N) is 1. The van der Waals surface area contributed by atoms with Gasteiger partial charge in [0, 0.05) is 18.4 Å². The van der Waals surface area contributed by atoms with Crippen LogP contribution >= 0.6 is 0 Å². The zero-order chi connectivity index (χ0) is 19.6. The molecule has 1 fully saturated rings. The third kappa shape index (κ3) is 3.81. The van der Waals surface area contributed by atoms with Crippen LogP contribution in [0.3, 0.4) is 0 Å². The van der Waals surface area contributed by atoms with E-state index in [1.807, 2.05) is 0 Å². The average Bonchev–Trinajstić information content (AvgIpc) is 2.65. The summed E-state index contributed by atoms with van der Waals surface area (Å²) < 4.78 is 27.7. The van der Waals surface area contributed by atoms with Crippen LogP contribution in [0.2, 0.25) is 0 Å². The van der Waals surface area contributed by atoms with Gasteiger partial charge in [0.2, 0.25) is 0 Å². The van der Waals surface area contributed by atoms with E-state index in [1.165, 1.54) is 0 Å². The molecule has 0 radical (unpaired) electrons. The Morgan fingerprint density at radius 1 is 1.33 bits per heavy atom. The molecule has 1 aliphatic heterocycles. The molecule has 0 bridgehead atoms. The Bertz CT molecular complexity index is 866. The second-order valence-corrected chi connectivity index (χ2v) is 6.55. The second kappa shape index (κ2) is 7.42. The van der Waals surface area contributed by atoms with Crippen LogP contribution in [0.4, 0.5) is 14.5 Å². The minimum atomic E-state index is -1.25. The van der Waals surface area contributed by atoms with Gasteiger partial charge in [0.1, 0.15) is 5.60 Å². The summed E-state index contributed by atoms with van der Waals surface area (Å²) in [5.74, 6) is -3.50. The van der Waals surface area contributed by atoms with Gasteiger partial charge >= 0.3 is 0 Å². The van der Waals surface area contributed by atoms with Crippen molar-refractivity contribution in [2.45, 2.75) is 18.4 Å². The number of rotatable bonds is 4. The van der Waals surface area contributed by atoms with Crippen LogP contribution < -0.4 is 16.4 Å². The minimum Gasteiger partial charge on any atom is -0.384 e. The molecule has 0 aromatic heterocycles. The Hall–Kier alpha value is -2.84. The van der Waals surface area contributed by atoms with E-state index in [-0.39, 0.29) is 0 Å². The highest BCUT2D eigenvalue weighted by atomic mass is 19.2. The van der Waals surface area contributed by atoms with Crippen molar-refractivity contribution in [3.8, 4) is 0 Å². The Labute approximate surface area is 155 Å². The first kappa shape index (κ1) is 18.9. The summed E-state index contributed by atoms with van der Waals surface area (Å²) in [6.45, 7) is 1.34. The maximum Gasteiger partial charge on any atom is 0.250 e. The molecule has 1 aliphatic carbocycles. The quantitative estimate of drug-likeness (QED) is 0.556. The third-order valence-corrected chi connectivity index (χ3v) is 4.69. The number of hydrogen-bond donors (Lipinski definition) is 5. The van der Waals surface area contributed by atoms with Crippen molar-refractivity contribution >= 4 is 17.3 Å². The number of β-amino-alcohol motifs (C(OH)–C–C–N with tert-alkyl or cyclic N) is 1. The van der Waals surface area contributed by atoms with Crippen molar-refractivity contribution in [1.29, 1.82) is 5.41 Å². The molecule has 3 rings (SSSR count). The minimum absolute atomic E-state index is 0.399. The van der Waals surface area contributed by atoms with Gasteiger partial charge in [0.15, 0.2) is 11.7 Å². The Morgan fingerprint density at radius 2 is 2.04 bits per heavy atom. The van der Waals surface area contributed by atoms with Crippen molar-refractivity contribution in [2.75, 3.05) is 18.4 Å². The molecule has 6 nitrogen and oxygen atoms in total. The van der Waals surface area contributed by atoms with Crippen LogP contribution in [0.5, 0.6) is 0 Å². The number of carbonyl (C=O) groups is 1. The van der Waals surface area contributed by atoms with Crippen LogP contribution in [-0.4, -0.2) is 29.8 Å². The van der Waals surface area contributed by atoms with Gasteiger partial charge in [-0.15, -0.1) is 0 Å². The highest BCUT2D eigenvalue weighted by molar-refractivity contribution is 6.28. The van der Waals surface area contributed by atoms with Gasteiger partial charge in [-0.1, -0.05) is 12.1 Å². The van der Waals surface area contributed by atoms with Crippen LogP contribution in [0.15, 0.2) is 59.3 Å². The van der Waals surface area contributed by atoms with Crippen molar-refractivity contribution in [1.82, 2.24) is 5.32 Å². The molecule has 6 N–H and O–H groups in total. The monoisotopic (exact) mass is 374 g/mol. The summed E-state index contributed by atoms with van der Waals surface area (Å²) in [6, 6.07) is 6.88. The van der Waals surface area contributed by atoms with Crippen LogP contribution in [0.1, 0.15) is 18.4 Å². The Kier molecular flexibility index (Phi) is 5.20. The molecule has 142 valence electrons. The van der Waals surface area contributed by atoms with Crippen molar-refractivity contribution < 1.29 is 18.7 Å². The number of allylic oxidation sites excluding steroid dienone is 4. The molecule has 1 unspecified atom stereocenters. The SMILES string of the molecule is N=C1C(C(N)=O)=CC(F)=C(F)/C1=C/Nc1ccc(C2(O)CCCNC2)cc1. The first-order chi connectivity index (χ1) is 12.8. The zero-order valence-electron chi connectivity index (χ0n) is 14.5. The van der Waals surface area contributed by atoms with E-state index in [4.69, 9.17) is 11.1 Å². The van der Waals surface area contributed by atoms with Gasteiger partial charge < -0.3 is 21.5 Å². The third-order valence-electron chi connectivity index (χ3n) is 4.69. The summed E-state index contributed by atoms with van der Waals surface area (Å²) >= 11 is 0. The van der Waals surface area contributed by atoms with Crippen molar-refractivity contribution in [3.63, 3.8) is 0 Å². The Morgan fingerprint density at radius 3 is 2.63 bits per heavy atom. The standard InChI is InChI=1S/C19H20F2N4O2/c20-15-8-13(18(23)26)17(22)14(16(15)21)9-25-12-4-2-11(3-5-12)19(27)6-1-7-24-10-19/h2-5,8-9,22,24-25,27H,1,6-7,10H2,(H2,23,26)/b14-9-,22-17?.